The molecule has 0 aliphatic carbocycles. The van der Waals surface area contributed by atoms with E-state index in [1.54, 1.807) is 0 Å². The maximum Gasteiger partial charge on any atom is 0.306 e. The number of hydrogen-bond donors (Lipinski definition) is 0. The normalized spacial score (nSPS) is 12.6. The van der Waals surface area contributed by atoms with Gasteiger partial charge in [-0.1, -0.05) is 165 Å². The summed E-state index contributed by atoms with van der Waals surface area (Å²) in [5, 5.41) is 0. The van der Waals surface area contributed by atoms with Crippen LogP contribution in [0.3, 0.4) is 0 Å². The predicted molar refractivity (Wildman–Crippen MR) is 219 cm³/mol. The molecule has 0 rings (SSSR count). The molecule has 1 atom stereocenters. The highest BCUT2D eigenvalue weighted by Gasteiger charge is 2.19. The lowest BCUT2D eigenvalue weighted by Crippen LogP contribution is -2.30. The molecule has 0 aromatic rings. The van der Waals surface area contributed by atoms with Crippen molar-refractivity contribution in [2.24, 2.45) is 0 Å². The van der Waals surface area contributed by atoms with E-state index >= 15 is 0 Å². The third kappa shape index (κ3) is 38.3. The SMILES string of the molecule is CC/C=C\C/C=C\C/C=C\C/C=C\CCC(=O)OCC(COC(=O)CCCCCCCCCC)OC(=O)CCCCCCC/C=C\CCCCCC. The Morgan fingerprint density at radius 3 is 1.31 bits per heavy atom. The summed E-state index contributed by atoms with van der Waals surface area (Å²) >= 11 is 0. The number of rotatable bonds is 37. The Labute approximate surface area is 320 Å². The summed E-state index contributed by atoms with van der Waals surface area (Å²) in [4.78, 5) is 37.5. The van der Waals surface area contributed by atoms with E-state index in [4.69, 9.17) is 14.2 Å². The van der Waals surface area contributed by atoms with E-state index in [1.165, 1.54) is 70.6 Å². The molecule has 298 valence electrons. The average molecular weight is 727 g/mol. The Bertz CT molecular complexity index is 975. The summed E-state index contributed by atoms with van der Waals surface area (Å²) in [6.07, 6.45) is 47.9. The first-order valence-corrected chi connectivity index (χ1v) is 21.3. The van der Waals surface area contributed by atoms with Crippen LogP contribution in [-0.2, 0) is 28.6 Å². The van der Waals surface area contributed by atoms with Crippen LogP contribution in [-0.4, -0.2) is 37.2 Å². The third-order valence-electron chi connectivity index (χ3n) is 8.77. The van der Waals surface area contributed by atoms with Gasteiger partial charge in [0.25, 0.3) is 0 Å². The molecule has 0 bridgehead atoms. The number of esters is 3. The zero-order chi connectivity index (χ0) is 38.0. The molecular formula is C46H78O6. The van der Waals surface area contributed by atoms with Gasteiger partial charge in [0.15, 0.2) is 6.10 Å². The second-order valence-electron chi connectivity index (χ2n) is 13.9. The Morgan fingerprint density at radius 2 is 0.788 bits per heavy atom. The zero-order valence-electron chi connectivity index (χ0n) is 33.8. The molecule has 0 amide bonds. The number of unbranched alkanes of at least 4 members (excludes halogenated alkanes) is 16. The molecule has 0 aromatic heterocycles. The summed E-state index contributed by atoms with van der Waals surface area (Å²) in [6, 6.07) is 0. The van der Waals surface area contributed by atoms with Gasteiger partial charge < -0.3 is 14.2 Å². The molecular weight excluding hydrogens is 648 g/mol. The molecule has 1 unspecified atom stereocenters. The van der Waals surface area contributed by atoms with E-state index in [9.17, 15) is 14.4 Å². The summed E-state index contributed by atoms with van der Waals surface area (Å²) in [5.74, 6) is -1.00. The van der Waals surface area contributed by atoms with Crippen molar-refractivity contribution in [2.45, 2.75) is 200 Å². The highest BCUT2D eigenvalue weighted by Crippen LogP contribution is 2.12. The quantitative estimate of drug-likeness (QED) is 0.0274. The Balaban J connectivity index is 4.48. The van der Waals surface area contributed by atoms with Crippen LogP contribution < -0.4 is 0 Å². The summed E-state index contributed by atoms with van der Waals surface area (Å²) < 4.78 is 16.5. The van der Waals surface area contributed by atoms with Crippen molar-refractivity contribution in [3.63, 3.8) is 0 Å². The van der Waals surface area contributed by atoms with Gasteiger partial charge in [-0.2, -0.15) is 0 Å². The molecule has 0 heterocycles. The molecule has 6 heteroatoms. The van der Waals surface area contributed by atoms with Crippen molar-refractivity contribution >= 4 is 17.9 Å². The number of allylic oxidation sites excluding steroid dienone is 10. The van der Waals surface area contributed by atoms with Gasteiger partial charge in [-0.3, -0.25) is 14.4 Å². The van der Waals surface area contributed by atoms with Gasteiger partial charge >= 0.3 is 17.9 Å². The van der Waals surface area contributed by atoms with Crippen molar-refractivity contribution in [3.8, 4) is 0 Å². The fraction of sp³-hybridized carbons (Fsp3) is 0.717. The Hall–Kier alpha value is -2.89. The number of carbonyl (C=O) groups is 3. The van der Waals surface area contributed by atoms with Crippen LogP contribution in [0.4, 0.5) is 0 Å². The maximum absolute atomic E-state index is 12.7. The van der Waals surface area contributed by atoms with Gasteiger partial charge in [-0.15, -0.1) is 0 Å². The highest BCUT2D eigenvalue weighted by atomic mass is 16.6. The van der Waals surface area contributed by atoms with Gasteiger partial charge in [-0.25, -0.2) is 0 Å². The molecule has 0 spiro atoms. The van der Waals surface area contributed by atoms with E-state index in [0.717, 1.165) is 77.0 Å². The minimum atomic E-state index is -0.801. The molecule has 0 aliphatic rings. The first-order valence-electron chi connectivity index (χ1n) is 21.3. The standard InChI is InChI=1S/C46H78O6/c1-4-7-10-13-16-19-21-23-25-27-30-33-36-39-45(48)51-42-43(41-50-44(47)38-35-32-29-18-15-12-9-6-3)52-46(49)40-37-34-31-28-26-24-22-20-17-14-11-8-5-2/h7,10,16,19-20,22-23,25,30,33,43H,4-6,8-9,11-15,17-18,21,24,26-29,31-32,34-42H2,1-3H3/b10-7-,19-16-,22-20-,25-23-,33-30-. The molecule has 6 nitrogen and oxygen atoms in total. The first kappa shape index (κ1) is 49.1. The lowest BCUT2D eigenvalue weighted by Gasteiger charge is -2.18. The van der Waals surface area contributed by atoms with E-state index in [0.29, 0.717) is 19.3 Å². The first-order chi connectivity index (χ1) is 25.5. The molecule has 0 saturated carbocycles. The second-order valence-corrected chi connectivity index (χ2v) is 13.9. The maximum atomic E-state index is 12.7. The number of hydrogen-bond acceptors (Lipinski definition) is 6. The largest absolute Gasteiger partial charge is 0.462 e. The van der Waals surface area contributed by atoms with Crippen LogP contribution >= 0.6 is 0 Å². The van der Waals surface area contributed by atoms with Gasteiger partial charge in [0, 0.05) is 19.3 Å². The lowest BCUT2D eigenvalue weighted by atomic mass is 10.1. The zero-order valence-corrected chi connectivity index (χ0v) is 33.8. The third-order valence-corrected chi connectivity index (χ3v) is 8.77. The van der Waals surface area contributed by atoms with Crippen LogP contribution in [0, 0.1) is 0 Å². The Morgan fingerprint density at radius 1 is 0.404 bits per heavy atom. The molecule has 0 fully saturated rings. The summed E-state index contributed by atoms with van der Waals surface area (Å²) in [7, 11) is 0. The van der Waals surface area contributed by atoms with Gasteiger partial charge in [0.2, 0.25) is 0 Å². The number of carbonyl (C=O) groups excluding carboxylic acids is 3. The average Bonchev–Trinajstić information content (AvgIpc) is 3.14. The molecule has 52 heavy (non-hydrogen) atoms. The van der Waals surface area contributed by atoms with Crippen molar-refractivity contribution < 1.29 is 28.6 Å². The van der Waals surface area contributed by atoms with E-state index in [-0.39, 0.29) is 37.5 Å². The van der Waals surface area contributed by atoms with Crippen molar-refractivity contribution in [3.05, 3.63) is 60.8 Å². The van der Waals surface area contributed by atoms with Gasteiger partial charge in [0.05, 0.1) is 0 Å². The van der Waals surface area contributed by atoms with Crippen LogP contribution in [0.15, 0.2) is 60.8 Å². The predicted octanol–water partition coefficient (Wildman–Crippen LogP) is 13.4. The topological polar surface area (TPSA) is 78.9 Å². The van der Waals surface area contributed by atoms with Crippen molar-refractivity contribution in [1.29, 1.82) is 0 Å². The van der Waals surface area contributed by atoms with E-state index < -0.39 is 6.10 Å². The van der Waals surface area contributed by atoms with Crippen LogP contribution in [0.1, 0.15) is 194 Å². The molecule has 0 radical (unpaired) electrons. The minimum absolute atomic E-state index is 0.0993. The van der Waals surface area contributed by atoms with Crippen molar-refractivity contribution in [2.75, 3.05) is 13.2 Å². The molecule has 0 N–H and O–H groups in total. The summed E-state index contributed by atoms with van der Waals surface area (Å²) in [6.45, 7) is 6.38. The second kappa shape index (κ2) is 40.9. The number of ether oxygens (including phenoxy) is 3. The van der Waals surface area contributed by atoms with Gasteiger partial charge in [0.1, 0.15) is 13.2 Å². The summed E-state index contributed by atoms with van der Waals surface area (Å²) in [5.41, 5.74) is 0. The fourth-order valence-corrected chi connectivity index (χ4v) is 5.57. The smallest absolute Gasteiger partial charge is 0.306 e. The highest BCUT2D eigenvalue weighted by molar-refractivity contribution is 5.71. The van der Waals surface area contributed by atoms with Crippen molar-refractivity contribution in [1.82, 2.24) is 0 Å². The molecule has 0 saturated heterocycles. The van der Waals surface area contributed by atoms with Crippen LogP contribution in [0.2, 0.25) is 0 Å². The van der Waals surface area contributed by atoms with E-state index in [1.807, 2.05) is 12.2 Å². The molecule has 0 aromatic carbocycles. The van der Waals surface area contributed by atoms with Crippen LogP contribution in [0.5, 0.6) is 0 Å². The van der Waals surface area contributed by atoms with E-state index in [2.05, 4.69) is 69.4 Å². The fourth-order valence-electron chi connectivity index (χ4n) is 5.57. The minimum Gasteiger partial charge on any atom is -0.462 e. The Kier molecular flexibility index (Phi) is 38.6. The lowest BCUT2D eigenvalue weighted by molar-refractivity contribution is -0.166. The van der Waals surface area contributed by atoms with Gasteiger partial charge in [-0.05, 0) is 70.6 Å². The van der Waals surface area contributed by atoms with Crippen LogP contribution in [0.25, 0.3) is 0 Å². The monoisotopic (exact) mass is 727 g/mol. The molecule has 0 aliphatic heterocycles.